The van der Waals surface area contributed by atoms with Crippen LogP contribution < -0.4 is 0 Å². The molecule has 99 heavy (non-hydrogen) atoms. The third-order valence-electron chi connectivity index (χ3n) is 18.6. The zero-order valence-electron chi connectivity index (χ0n) is 65.0. The monoisotopic (exact) mass is 1450 g/mol. The van der Waals surface area contributed by atoms with E-state index in [0.29, 0.717) is 25.7 Å². The van der Waals surface area contributed by atoms with E-state index in [0.717, 1.165) is 108 Å². The maximum absolute atomic E-state index is 13.1. The molecule has 0 saturated heterocycles. The highest BCUT2D eigenvalue weighted by Gasteiger charge is 2.30. The van der Waals surface area contributed by atoms with Crippen molar-refractivity contribution < 1.29 is 80.2 Å². The summed E-state index contributed by atoms with van der Waals surface area (Å²) in [4.78, 5) is 73.0. The second-order valence-corrected chi connectivity index (χ2v) is 33.1. The minimum atomic E-state index is -4.96. The van der Waals surface area contributed by atoms with Crippen LogP contribution in [-0.2, 0) is 65.4 Å². The molecule has 0 aliphatic heterocycles. The predicted molar refractivity (Wildman–Crippen MR) is 405 cm³/mol. The topological polar surface area (TPSA) is 237 Å². The fourth-order valence-electron chi connectivity index (χ4n) is 12.3. The van der Waals surface area contributed by atoms with Gasteiger partial charge >= 0.3 is 39.5 Å². The molecule has 0 aliphatic rings. The van der Waals surface area contributed by atoms with E-state index in [1.165, 1.54) is 225 Å². The number of aliphatic hydroxyl groups excluding tert-OH is 1. The molecule has 0 heterocycles. The quantitative estimate of drug-likeness (QED) is 0.0222. The highest BCUT2D eigenvalue weighted by molar-refractivity contribution is 7.47. The first kappa shape index (κ1) is 97.1. The number of hydrogen-bond donors (Lipinski definition) is 3. The lowest BCUT2D eigenvalue weighted by Crippen LogP contribution is -2.30. The molecule has 0 bridgehead atoms. The molecule has 0 saturated carbocycles. The molecular weight excluding hydrogens is 1290 g/mol. The summed E-state index contributed by atoms with van der Waals surface area (Å²) >= 11 is 0. The molecule has 0 aromatic carbocycles. The highest BCUT2D eigenvalue weighted by atomic mass is 31.2. The van der Waals surface area contributed by atoms with Gasteiger partial charge in [0.25, 0.3) is 0 Å². The normalized spacial score (nSPS) is 14.0. The van der Waals surface area contributed by atoms with Crippen LogP contribution in [0, 0.1) is 17.8 Å². The summed E-state index contributed by atoms with van der Waals surface area (Å²) in [6.45, 7) is 11.9. The fourth-order valence-corrected chi connectivity index (χ4v) is 13.9. The van der Waals surface area contributed by atoms with E-state index in [1.54, 1.807) is 0 Å². The molecule has 0 rings (SSSR count). The molecule has 0 spiro atoms. The van der Waals surface area contributed by atoms with Crippen molar-refractivity contribution in [3.63, 3.8) is 0 Å². The van der Waals surface area contributed by atoms with Gasteiger partial charge in [0.05, 0.1) is 26.4 Å². The maximum atomic E-state index is 13.1. The molecule has 0 amide bonds. The first-order valence-corrected chi connectivity index (χ1v) is 44.3. The number of carbonyl (C=O) groups excluding carboxylic acids is 4. The second kappa shape index (κ2) is 70.4. The highest BCUT2D eigenvalue weighted by Crippen LogP contribution is 2.45. The second-order valence-electron chi connectivity index (χ2n) is 30.2. The van der Waals surface area contributed by atoms with Crippen molar-refractivity contribution in [1.29, 1.82) is 0 Å². The van der Waals surface area contributed by atoms with Crippen LogP contribution in [0.2, 0.25) is 0 Å². The Morgan fingerprint density at radius 1 is 0.273 bits per heavy atom. The van der Waals surface area contributed by atoms with Crippen LogP contribution in [0.1, 0.15) is 414 Å². The minimum Gasteiger partial charge on any atom is -0.462 e. The molecule has 0 aromatic heterocycles. The van der Waals surface area contributed by atoms with Crippen molar-refractivity contribution in [3.8, 4) is 0 Å². The van der Waals surface area contributed by atoms with E-state index in [4.69, 9.17) is 37.0 Å². The third kappa shape index (κ3) is 74.1. The lowest BCUT2D eigenvalue weighted by atomic mass is 10.0. The summed E-state index contributed by atoms with van der Waals surface area (Å²) in [5.74, 6) is 0.191. The van der Waals surface area contributed by atoms with Crippen molar-refractivity contribution in [2.24, 2.45) is 17.8 Å². The van der Waals surface area contributed by atoms with Gasteiger partial charge in [0.2, 0.25) is 0 Å². The average molecular weight is 1450 g/mol. The van der Waals surface area contributed by atoms with Gasteiger partial charge in [0.15, 0.2) is 12.2 Å². The minimum absolute atomic E-state index is 0.106. The summed E-state index contributed by atoms with van der Waals surface area (Å²) in [6.07, 6.45) is 58.2. The van der Waals surface area contributed by atoms with Gasteiger partial charge in [-0.05, 0) is 43.4 Å². The molecule has 588 valence electrons. The number of esters is 4. The third-order valence-corrected chi connectivity index (χ3v) is 20.5. The standard InChI is InChI=1S/C80H156O17P2/c1-8-9-10-11-12-13-14-15-16-17-18-19-27-34-42-49-56-63-79(84)96-75(67-90-77(82)61-54-47-40-33-26-22-20-24-30-37-44-51-58-71(2)3)69-94-98(86,87)92-65-74(81)66-93-99(88,89)95-70-76(68-91-78(83)62-55-48-41-36-29-32-39-46-53-60-73(6)7)97-80(85)64-57-50-43-35-28-23-21-25-31-38-45-52-59-72(4)5/h71-76,81H,8-70H2,1-7H3,(H,86,87)(H,88,89)/t74-,75-,76-/m1/s1. The van der Waals surface area contributed by atoms with Crippen molar-refractivity contribution in [1.82, 2.24) is 0 Å². The Labute approximate surface area is 607 Å². The largest absolute Gasteiger partial charge is 0.472 e. The van der Waals surface area contributed by atoms with Crippen LogP contribution >= 0.6 is 15.6 Å². The van der Waals surface area contributed by atoms with Gasteiger partial charge < -0.3 is 33.8 Å². The van der Waals surface area contributed by atoms with Gasteiger partial charge in [0, 0.05) is 25.7 Å². The van der Waals surface area contributed by atoms with E-state index in [1.807, 2.05) is 0 Å². The Kier molecular flexibility index (Phi) is 69.0. The Hall–Kier alpha value is -1.94. The SMILES string of the molecule is CCCCCCCCCCCCCCCCCCCC(=O)O[C@H](COC(=O)CCCCCCCCCCCCCCC(C)C)COP(=O)(O)OC[C@@H](O)COP(=O)(O)OC[C@@H](COC(=O)CCCCCCCCCCCC(C)C)OC(=O)CCCCCCCCCCCCCCC(C)C. The van der Waals surface area contributed by atoms with Crippen LogP contribution in [0.4, 0.5) is 0 Å². The number of rotatable bonds is 78. The molecule has 0 radical (unpaired) electrons. The first-order chi connectivity index (χ1) is 47.7. The van der Waals surface area contributed by atoms with Crippen molar-refractivity contribution in [2.75, 3.05) is 39.6 Å². The van der Waals surface area contributed by atoms with E-state index < -0.39 is 97.5 Å². The van der Waals surface area contributed by atoms with Crippen molar-refractivity contribution in [2.45, 2.75) is 433 Å². The average Bonchev–Trinajstić information content (AvgIpc) is 1.12. The summed E-state index contributed by atoms with van der Waals surface area (Å²) in [5.41, 5.74) is 0. The molecule has 3 N–H and O–H groups in total. The van der Waals surface area contributed by atoms with E-state index in [-0.39, 0.29) is 25.7 Å². The van der Waals surface area contributed by atoms with E-state index in [9.17, 15) is 43.2 Å². The Morgan fingerprint density at radius 2 is 0.465 bits per heavy atom. The van der Waals surface area contributed by atoms with Crippen molar-refractivity contribution >= 4 is 39.5 Å². The summed E-state index contributed by atoms with van der Waals surface area (Å²) in [6, 6.07) is 0. The number of aliphatic hydroxyl groups is 1. The fraction of sp³-hybridized carbons (Fsp3) is 0.950. The van der Waals surface area contributed by atoms with Gasteiger partial charge in [0.1, 0.15) is 19.3 Å². The number of phosphoric ester groups is 2. The number of unbranched alkanes of at least 4 members (excludes halogenated alkanes) is 46. The number of carbonyl (C=O) groups is 4. The zero-order valence-corrected chi connectivity index (χ0v) is 66.8. The van der Waals surface area contributed by atoms with Gasteiger partial charge in [-0.3, -0.25) is 37.3 Å². The van der Waals surface area contributed by atoms with Crippen LogP contribution in [0.25, 0.3) is 0 Å². The summed E-state index contributed by atoms with van der Waals surface area (Å²) < 4.78 is 68.7. The molecule has 0 fully saturated rings. The predicted octanol–water partition coefficient (Wildman–Crippen LogP) is 23.7. The summed E-state index contributed by atoms with van der Waals surface area (Å²) in [7, 11) is -9.92. The van der Waals surface area contributed by atoms with Gasteiger partial charge in [-0.15, -0.1) is 0 Å². The Bertz CT molecular complexity index is 1920. The van der Waals surface area contributed by atoms with Crippen LogP contribution in [0.3, 0.4) is 0 Å². The Morgan fingerprint density at radius 3 is 0.687 bits per heavy atom. The lowest BCUT2D eigenvalue weighted by molar-refractivity contribution is -0.161. The first-order valence-electron chi connectivity index (χ1n) is 41.3. The van der Waals surface area contributed by atoms with Crippen molar-refractivity contribution in [3.05, 3.63) is 0 Å². The van der Waals surface area contributed by atoms with Gasteiger partial charge in [-0.2, -0.15) is 0 Å². The zero-order chi connectivity index (χ0) is 73.0. The smallest absolute Gasteiger partial charge is 0.462 e. The molecular formula is C80H156O17P2. The number of hydrogen-bond acceptors (Lipinski definition) is 15. The molecule has 17 nitrogen and oxygen atoms in total. The molecule has 0 aromatic rings. The molecule has 5 atom stereocenters. The van der Waals surface area contributed by atoms with E-state index >= 15 is 0 Å². The number of phosphoric acid groups is 2. The molecule has 19 heteroatoms. The van der Waals surface area contributed by atoms with Gasteiger partial charge in [-0.25, -0.2) is 9.13 Å². The molecule has 0 aliphatic carbocycles. The lowest BCUT2D eigenvalue weighted by Gasteiger charge is -2.21. The van der Waals surface area contributed by atoms with Crippen LogP contribution in [-0.4, -0.2) is 96.7 Å². The maximum Gasteiger partial charge on any atom is 0.472 e. The summed E-state index contributed by atoms with van der Waals surface area (Å²) in [5, 5.41) is 10.6. The Balaban J connectivity index is 5.27. The van der Waals surface area contributed by atoms with Crippen LogP contribution in [0.15, 0.2) is 0 Å². The van der Waals surface area contributed by atoms with Gasteiger partial charge in [-0.1, -0.05) is 363 Å². The molecule has 2 unspecified atom stereocenters. The van der Waals surface area contributed by atoms with E-state index in [2.05, 4.69) is 48.5 Å². The number of ether oxygens (including phenoxy) is 4. The van der Waals surface area contributed by atoms with Crippen LogP contribution in [0.5, 0.6) is 0 Å².